The van der Waals surface area contributed by atoms with Crippen molar-refractivity contribution < 1.29 is 13.2 Å². The topological polar surface area (TPSA) is 51.2 Å². The molecule has 3 nitrogen and oxygen atoms in total. The second-order valence-electron chi connectivity index (χ2n) is 2.80. The van der Waals surface area contributed by atoms with Gasteiger partial charge in [0.05, 0.1) is 4.90 Å². The molecule has 0 saturated carbocycles. The maximum absolute atomic E-state index is 11.3. The lowest BCUT2D eigenvalue weighted by atomic mass is 10.1. The molecule has 1 aromatic rings. The Morgan fingerprint density at radius 3 is 2.71 bits per heavy atom. The van der Waals surface area contributed by atoms with Gasteiger partial charge in [-0.2, -0.15) is 0 Å². The third kappa shape index (κ3) is 1.55. The molecule has 0 aromatic heterocycles. The van der Waals surface area contributed by atoms with Crippen molar-refractivity contribution in [3.8, 4) is 0 Å². The Kier molecular flexibility index (Phi) is 2.33. The van der Waals surface area contributed by atoms with Crippen LogP contribution in [0.15, 0.2) is 23.1 Å². The van der Waals surface area contributed by atoms with E-state index in [1.807, 2.05) is 0 Å². The first-order chi connectivity index (χ1) is 6.50. The first kappa shape index (κ1) is 10.0. The van der Waals surface area contributed by atoms with Crippen LogP contribution in [-0.2, 0) is 14.8 Å². The van der Waals surface area contributed by atoms with Gasteiger partial charge in [0.1, 0.15) is 0 Å². The van der Waals surface area contributed by atoms with Gasteiger partial charge in [0, 0.05) is 22.0 Å². The zero-order valence-corrected chi connectivity index (χ0v) is 9.25. The standard InChI is InChI=1S/C8H5ClO3S2/c9-14(11,12)7-3-1-2-5-6(7)4-13-8(5)10/h1-3H,4H2. The average Bonchev–Trinajstić information content (AvgIpc) is 2.46. The molecule has 1 aliphatic rings. The molecule has 1 heterocycles. The Morgan fingerprint density at radius 2 is 2.07 bits per heavy atom. The van der Waals surface area contributed by atoms with Crippen LogP contribution in [0.25, 0.3) is 0 Å². The van der Waals surface area contributed by atoms with Crippen molar-refractivity contribution in [2.24, 2.45) is 0 Å². The highest BCUT2D eigenvalue weighted by Gasteiger charge is 2.26. The highest BCUT2D eigenvalue weighted by atomic mass is 35.7. The van der Waals surface area contributed by atoms with E-state index in [4.69, 9.17) is 10.7 Å². The van der Waals surface area contributed by atoms with E-state index in [0.717, 1.165) is 11.8 Å². The third-order valence-electron chi connectivity index (χ3n) is 1.96. The fourth-order valence-corrected chi connectivity index (χ4v) is 3.53. The fraction of sp³-hybridized carbons (Fsp3) is 0.125. The van der Waals surface area contributed by atoms with Gasteiger partial charge in [-0.1, -0.05) is 23.9 Å². The molecule has 0 atom stereocenters. The number of halogens is 1. The summed E-state index contributed by atoms with van der Waals surface area (Å²) >= 11 is 1.09. The Balaban J connectivity index is 2.73. The first-order valence-electron chi connectivity index (χ1n) is 3.74. The summed E-state index contributed by atoms with van der Waals surface area (Å²) in [5.74, 6) is 0.385. The van der Waals surface area contributed by atoms with E-state index < -0.39 is 9.05 Å². The van der Waals surface area contributed by atoms with Crippen LogP contribution in [0, 0.1) is 0 Å². The summed E-state index contributed by atoms with van der Waals surface area (Å²) in [7, 11) is 1.50. The minimum Gasteiger partial charge on any atom is -0.282 e. The lowest BCUT2D eigenvalue weighted by Crippen LogP contribution is -1.98. The lowest BCUT2D eigenvalue weighted by molar-refractivity contribution is 0.109. The summed E-state index contributed by atoms with van der Waals surface area (Å²) < 4.78 is 22.3. The minimum atomic E-state index is -3.74. The van der Waals surface area contributed by atoms with Crippen LogP contribution in [0.5, 0.6) is 0 Å². The monoisotopic (exact) mass is 248 g/mol. The molecule has 0 saturated heterocycles. The van der Waals surface area contributed by atoms with Gasteiger partial charge in [0.2, 0.25) is 5.12 Å². The molecule has 1 aliphatic heterocycles. The number of thioether (sulfide) groups is 1. The van der Waals surface area contributed by atoms with E-state index in [2.05, 4.69) is 0 Å². The summed E-state index contributed by atoms with van der Waals surface area (Å²) in [5, 5.41) is -0.0952. The van der Waals surface area contributed by atoms with Crippen LogP contribution in [0.3, 0.4) is 0 Å². The Morgan fingerprint density at radius 1 is 1.36 bits per heavy atom. The van der Waals surface area contributed by atoms with Gasteiger partial charge < -0.3 is 0 Å². The van der Waals surface area contributed by atoms with Crippen molar-refractivity contribution in [3.05, 3.63) is 29.3 Å². The summed E-state index contributed by atoms with van der Waals surface area (Å²) in [6.45, 7) is 0. The zero-order valence-electron chi connectivity index (χ0n) is 6.86. The molecule has 0 N–H and O–H groups in total. The van der Waals surface area contributed by atoms with E-state index >= 15 is 0 Å². The Hall–Kier alpha value is -0.520. The SMILES string of the molecule is O=C1SCc2c1cccc2S(=O)(=O)Cl. The van der Waals surface area contributed by atoms with Gasteiger partial charge in [0.25, 0.3) is 9.05 Å². The highest BCUT2D eigenvalue weighted by Crippen LogP contribution is 2.35. The molecule has 2 rings (SSSR count). The summed E-state index contributed by atoms with van der Waals surface area (Å²) in [6.07, 6.45) is 0. The minimum absolute atomic E-state index is 0.0509. The number of rotatable bonds is 1. The summed E-state index contributed by atoms with van der Waals surface area (Å²) in [5.41, 5.74) is 0.981. The van der Waals surface area contributed by atoms with Crippen LogP contribution in [0.1, 0.15) is 15.9 Å². The molecule has 74 valence electrons. The second kappa shape index (κ2) is 3.25. The first-order valence-corrected chi connectivity index (χ1v) is 7.03. The fourth-order valence-electron chi connectivity index (χ4n) is 1.35. The van der Waals surface area contributed by atoms with Crippen molar-refractivity contribution in [1.82, 2.24) is 0 Å². The molecule has 6 heteroatoms. The van der Waals surface area contributed by atoms with Gasteiger partial charge in [-0.05, 0) is 11.6 Å². The van der Waals surface area contributed by atoms with Crippen molar-refractivity contribution in [1.29, 1.82) is 0 Å². The quantitative estimate of drug-likeness (QED) is 0.714. The van der Waals surface area contributed by atoms with E-state index in [-0.39, 0.29) is 10.0 Å². The van der Waals surface area contributed by atoms with Gasteiger partial charge in [0.15, 0.2) is 0 Å². The number of benzene rings is 1. The maximum atomic E-state index is 11.3. The summed E-state index contributed by atoms with van der Waals surface area (Å²) in [4.78, 5) is 11.3. The lowest BCUT2D eigenvalue weighted by Gasteiger charge is -2.01. The van der Waals surface area contributed by atoms with Crippen molar-refractivity contribution in [2.75, 3.05) is 0 Å². The largest absolute Gasteiger partial charge is 0.282 e. The summed E-state index contributed by atoms with van der Waals surface area (Å²) in [6, 6.07) is 4.56. The van der Waals surface area contributed by atoms with E-state index in [1.165, 1.54) is 12.1 Å². The maximum Gasteiger partial charge on any atom is 0.261 e. The van der Waals surface area contributed by atoms with Crippen molar-refractivity contribution in [3.63, 3.8) is 0 Å². The molecule has 0 bridgehead atoms. The second-order valence-corrected chi connectivity index (χ2v) is 6.28. The highest BCUT2D eigenvalue weighted by molar-refractivity contribution is 8.14. The molecule has 0 radical (unpaired) electrons. The number of hydrogen-bond donors (Lipinski definition) is 0. The molecule has 0 aliphatic carbocycles. The number of fused-ring (bicyclic) bond motifs is 1. The van der Waals surface area contributed by atoms with Gasteiger partial charge in [-0.25, -0.2) is 8.42 Å². The van der Waals surface area contributed by atoms with Crippen LogP contribution in [0.2, 0.25) is 0 Å². The number of hydrogen-bond acceptors (Lipinski definition) is 4. The Labute approximate surface area is 89.9 Å². The number of carbonyl (C=O) groups is 1. The van der Waals surface area contributed by atoms with E-state index in [9.17, 15) is 13.2 Å². The zero-order chi connectivity index (χ0) is 10.3. The third-order valence-corrected chi connectivity index (χ3v) is 4.28. The van der Waals surface area contributed by atoms with Crippen molar-refractivity contribution in [2.45, 2.75) is 10.6 Å². The predicted molar refractivity (Wildman–Crippen MR) is 55.1 cm³/mol. The average molecular weight is 249 g/mol. The van der Waals surface area contributed by atoms with Gasteiger partial charge >= 0.3 is 0 Å². The van der Waals surface area contributed by atoms with E-state index in [1.54, 1.807) is 6.07 Å². The van der Waals surface area contributed by atoms with Crippen molar-refractivity contribution >= 4 is 36.6 Å². The number of carbonyl (C=O) groups excluding carboxylic acids is 1. The molecular formula is C8H5ClO3S2. The van der Waals surface area contributed by atoms with Gasteiger partial charge in [-0.3, -0.25) is 4.79 Å². The van der Waals surface area contributed by atoms with Crippen LogP contribution >= 0.6 is 22.4 Å². The molecule has 0 spiro atoms. The van der Waals surface area contributed by atoms with Crippen LogP contribution < -0.4 is 0 Å². The van der Waals surface area contributed by atoms with Crippen LogP contribution in [-0.4, -0.2) is 13.5 Å². The molecule has 0 amide bonds. The molecule has 0 fully saturated rings. The molecule has 0 unspecified atom stereocenters. The normalized spacial score (nSPS) is 15.6. The van der Waals surface area contributed by atoms with Gasteiger partial charge in [-0.15, -0.1) is 0 Å². The predicted octanol–water partition coefficient (Wildman–Crippen LogP) is 2.00. The smallest absolute Gasteiger partial charge is 0.261 e. The molecular weight excluding hydrogens is 244 g/mol. The van der Waals surface area contributed by atoms with E-state index in [0.29, 0.717) is 16.9 Å². The Bertz CT molecular complexity index is 507. The molecule has 14 heavy (non-hydrogen) atoms. The van der Waals surface area contributed by atoms with Crippen LogP contribution in [0.4, 0.5) is 0 Å². The molecule has 1 aromatic carbocycles.